The normalized spacial score (nSPS) is 10.2. The third kappa shape index (κ3) is 3.27. The zero-order valence-corrected chi connectivity index (χ0v) is 12.6. The van der Waals surface area contributed by atoms with E-state index in [1.165, 1.54) is 12.1 Å². The van der Waals surface area contributed by atoms with Gasteiger partial charge in [-0.05, 0) is 36.4 Å². The van der Waals surface area contributed by atoms with Gasteiger partial charge in [0.2, 0.25) is 0 Å². The molecular formula is C18H15N3O3. The minimum absolute atomic E-state index is 0.0772. The third-order valence-corrected chi connectivity index (χ3v) is 3.37. The van der Waals surface area contributed by atoms with E-state index in [0.717, 1.165) is 0 Å². The van der Waals surface area contributed by atoms with E-state index in [9.17, 15) is 15.0 Å². The highest BCUT2D eigenvalue weighted by molar-refractivity contribution is 6.02. The van der Waals surface area contributed by atoms with Crippen LogP contribution in [0, 0.1) is 0 Å². The van der Waals surface area contributed by atoms with Crippen LogP contribution in [0.25, 0.3) is 11.3 Å². The summed E-state index contributed by atoms with van der Waals surface area (Å²) in [5, 5.41) is 25.4. The Kier molecular flexibility index (Phi) is 4.29. The fourth-order valence-corrected chi connectivity index (χ4v) is 2.23. The third-order valence-electron chi connectivity index (χ3n) is 3.37. The Bertz CT molecular complexity index is 852. The van der Waals surface area contributed by atoms with Gasteiger partial charge in [0.15, 0.2) is 5.75 Å². The molecule has 0 radical (unpaired) electrons. The number of nitrogens with zero attached hydrogens (tertiary/aromatic N) is 1. The van der Waals surface area contributed by atoms with Crippen molar-refractivity contribution >= 4 is 17.4 Å². The van der Waals surface area contributed by atoms with Crippen molar-refractivity contribution in [1.29, 1.82) is 0 Å². The average Bonchev–Trinajstić information content (AvgIpc) is 2.60. The molecule has 4 N–H and O–H groups in total. The molecule has 0 fully saturated rings. The van der Waals surface area contributed by atoms with Crippen molar-refractivity contribution in [2.45, 2.75) is 0 Å². The number of carbonyl (C=O) groups is 1. The molecule has 3 aromatic rings. The monoisotopic (exact) mass is 321 g/mol. The van der Waals surface area contributed by atoms with Gasteiger partial charge >= 0.3 is 6.03 Å². The highest BCUT2D eigenvalue weighted by Crippen LogP contribution is 2.40. The van der Waals surface area contributed by atoms with E-state index in [-0.39, 0.29) is 17.2 Å². The van der Waals surface area contributed by atoms with Crippen LogP contribution in [0.3, 0.4) is 0 Å². The van der Waals surface area contributed by atoms with Gasteiger partial charge in [-0.1, -0.05) is 24.3 Å². The average molecular weight is 321 g/mol. The summed E-state index contributed by atoms with van der Waals surface area (Å²) in [6.45, 7) is 0. The Morgan fingerprint density at radius 3 is 2.33 bits per heavy atom. The van der Waals surface area contributed by atoms with Gasteiger partial charge in [-0.3, -0.25) is 4.98 Å². The SMILES string of the molecule is O=C(Nc1ccccc1)Nc1c(O)ccc(-c2ccccn2)c1O. The summed E-state index contributed by atoms with van der Waals surface area (Å²) in [7, 11) is 0. The lowest BCUT2D eigenvalue weighted by atomic mass is 10.1. The molecule has 0 aliphatic carbocycles. The van der Waals surface area contributed by atoms with Crippen molar-refractivity contribution in [3.63, 3.8) is 0 Å². The molecule has 0 spiro atoms. The van der Waals surface area contributed by atoms with Crippen LogP contribution in [0.5, 0.6) is 11.5 Å². The van der Waals surface area contributed by atoms with E-state index in [4.69, 9.17) is 0 Å². The van der Waals surface area contributed by atoms with Gasteiger partial charge in [-0.2, -0.15) is 0 Å². The van der Waals surface area contributed by atoms with Crippen LogP contribution in [-0.4, -0.2) is 21.2 Å². The summed E-state index contributed by atoms with van der Waals surface area (Å²) < 4.78 is 0. The van der Waals surface area contributed by atoms with Crippen LogP contribution in [0.1, 0.15) is 0 Å². The molecule has 0 atom stereocenters. The lowest BCUT2D eigenvalue weighted by molar-refractivity contribution is 0.262. The van der Waals surface area contributed by atoms with Gasteiger partial charge in [-0.25, -0.2) is 4.79 Å². The topological polar surface area (TPSA) is 94.5 Å². The number of benzene rings is 2. The first-order chi connectivity index (χ1) is 11.6. The molecule has 24 heavy (non-hydrogen) atoms. The zero-order valence-electron chi connectivity index (χ0n) is 12.6. The molecule has 0 bridgehead atoms. The fourth-order valence-electron chi connectivity index (χ4n) is 2.23. The number of hydrogen-bond donors (Lipinski definition) is 4. The molecule has 0 aliphatic rings. The number of carbonyl (C=O) groups excluding carboxylic acids is 1. The number of hydrogen-bond acceptors (Lipinski definition) is 4. The summed E-state index contributed by atoms with van der Waals surface area (Å²) in [5.74, 6) is -0.493. The summed E-state index contributed by atoms with van der Waals surface area (Å²) >= 11 is 0. The van der Waals surface area contributed by atoms with E-state index in [2.05, 4.69) is 15.6 Å². The summed E-state index contributed by atoms with van der Waals surface area (Å²) in [6.07, 6.45) is 1.59. The highest BCUT2D eigenvalue weighted by Gasteiger charge is 2.16. The standard InChI is InChI=1S/C18H15N3O3/c22-15-10-9-13(14-8-4-5-11-19-14)17(23)16(15)21-18(24)20-12-6-2-1-3-7-12/h1-11,22-23H,(H2,20,21,24). The van der Waals surface area contributed by atoms with Crippen molar-refractivity contribution < 1.29 is 15.0 Å². The van der Waals surface area contributed by atoms with E-state index >= 15 is 0 Å². The number of aromatic nitrogens is 1. The molecule has 2 amide bonds. The van der Waals surface area contributed by atoms with Crippen LogP contribution in [-0.2, 0) is 0 Å². The summed E-state index contributed by atoms with van der Waals surface area (Å²) in [5.41, 5.74) is 1.45. The van der Waals surface area contributed by atoms with Crippen molar-refractivity contribution in [2.24, 2.45) is 0 Å². The first-order valence-electron chi connectivity index (χ1n) is 7.24. The molecule has 0 saturated carbocycles. The molecule has 2 aromatic carbocycles. The maximum Gasteiger partial charge on any atom is 0.323 e. The summed E-state index contributed by atoms with van der Waals surface area (Å²) in [4.78, 5) is 16.2. The smallest absolute Gasteiger partial charge is 0.323 e. The number of para-hydroxylation sites is 1. The molecule has 6 nitrogen and oxygen atoms in total. The van der Waals surface area contributed by atoms with Gasteiger partial charge in [0.25, 0.3) is 0 Å². The second kappa shape index (κ2) is 6.70. The Morgan fingerprint density at radius 2 is 1.62 bits per heavy atom. The maximum atomic E-state index is 12.1. The minimum Gasteiger partial charge on any atom is -0.506 e. The minimum atomic E-state index is -0.579. The van der Waals surface area contributed by atoms with Gasteiger partial charge < -0.3 is 20.8 Å². The van der Waals surface area contributed by atoms with Crippen molar-refractivity contribution in [3.8, 4) is 22.8 Å². The number of nitrogens with one attached hydrogen (secondary N) is 2. The quantitative estimate of drug-likeness (QED) is 0.552. The molecule has 120 valence electrons. The van der Waals surface area contributed by atoms with E-state index in [1.54, 1.807) is 48.7 Å². The molecule has 1 aromatic heterocycles. The molecular weight excluding hydrogens is 306 g/mol. The predicted molar refractivity (Wildman–Crippen MR) is 92.1 cm³/mol. The van der Waals surface area contributed by atoms with E-state index < -0.39 is 6.03 Å². The van der Waals surface area contributed by atoms with Gasteiger partial charge in [0.1, 0.15) is 11.4 Å². The van der Waals surface area contributed by atoms with Gasteiger partial charge in [0.05, 0.1) is 5.69 Å². The van der Waals surface area contributed by atoms with Crippen molar-refractivity contribution in [1.82, 2.24) is 4.98 Å². The number of amides is 2. The predicted octanol–water partition coefficient (Wildman–Crippen LogP) is 3.80. The molecule has 6 heteroatoms. The highest BCUT2D eigenvalue weighted by atomic mass is 16.3. The van der Waals surface area contributed by atoms with Crippen LogP contribution < -0.4 is 10.6 Å². The molecule has 1 heterocycles. The summed E-state index contributed by atoms with van der Waals surface area (Å²) in [6, 6.07) is 16.5. The van der Waals surface area contributed by atoms with Gasteiger partial charge in [0, 0.05) is 17.4 Å². The number of phenolic OH excluding ortho intramolecular Hbond substituents is 2. The van der Waals surface area contributed by atoms with Crippen LogP contribution >= 0.6 is 0 Å². The molecule has 0 unspecified atom stereocenters. The number of anilines is 2. The Hall–Kier alpha value is -3.54. The Balaban J connectivity index is 1.86. The number of aromatic hydroxyl groups is 2. The lowest BCUT2D eigenvalue weighted by Crippen LogP contribution is -2.19. The second-order valence-corrected chi connectivity index (χ2v) is 5.02. The zero-order chi connectivity index (χ0) is 16.9. The number of urea groups is 1. The molecule has 0 saturated heterocycles. The number of pyridine rings is 1. The largest absolute Gasteiger partial charge is 0.506 e. The van der Waals surface area contributed by atoms with Crippen molar-refractivity contribution in [2.75, 3.05) is 10.6 Å². The van der Waals surface area contributed by atoms with Crippen molar-refractivity contribution in [3.05, 3.63) is 66.9 Å². The van der Waals surface area contributed by atoms with E-state index in [1.807, 2.05) is 6.07 Å². The van der Waals surface area contributed by atoms with Crippen LogP contribution in [0.2, 0.25) is 0 Å². The number of phenols is 2. The second-order valence-electron chi connectivity index (χ2n) is 5.02. The molecule has 3 rings (SSSR count). The number of rotatable bonds is 3. The Labute approximate surface area is 138 Å². The van der Waals surface area contributed by atoms with Gasteiger partial charge in [-0.15, -0.1) is 0 Å². The van der Waals surface area contributed by atoms with Crippen LogP contribution in [0.4, 0.5) is 16.2 Å². The first-order valence-corrected chi connectivity index (χ1v) is 7.24. The Morgan fingerprint density at radius 1 is 0.875 bits per heavy atom. The van der Waals surface area contributed by atoms with Crippen LogP contribution in [0.15, 0.2) is 66.9 Å². The lowest BCUT2D eigenvalue weighted by Gasteiger charge is -2.13. The first kappa shape index (κ1) is 15.4. The van der Waals surface area contributed by atoms with E-state index in [0.29, 0.717) is 16.9 Å². The maximum absolute atomic E-state index is 12.1. The molecule has 0 aliphatic heterocycles. The fraction of sp³-hybridized carbons (Fsp3) is 0.